The molecule has 0 bridgehead atoms. The third-order valence-corrected chi connectivity index (χ3v) is 3.56. The van der Waals surface area contributed by atoms with Crippen molar-refractivity contribution >= 4 is 21.9 Å². The van der Waals surface area contributed by atoms with Gasteiger partial charge < -0.3 is 14.6 Å². The number of aromatic nitrogens is 2. The molecule has 0 aliphatic carbocycles. The summed E-state index contributed by atoms with van der Waals surface area (Å²) < 4.78 is 8.25. The number of hydrogen-bond donors (Lipinski definition) is 1. The third kappa shape index (κ3) is 3.58. The van der Waals surface area contributed by atoms with E-state index < -0.39 is 0 Å². The molecule has 4 nitrogen and oxygen atoms in total. The highest BCUT2D eigenvalue weighted by Gasteiger charge is 2.11. The molecule has 1 unspecified atom stereocenters. The fraction of sp³-hybridized carbons (Fsp3) is 0.357. The van der Waals surface area contributed by atoms with Crippen LogP contribution in [0.15, 0.2) is 41.1 Å². The van der Waals surface area contributed by atoms with E-state index in [1.807, 2.05) is 12.4 Å². The van der Waals surface area contributed by atoms with Crippen molar-refractivity contribution in [3.8, 4) is 0 Å². The van der Waals surface area contributed by atoms with E-state index in [4.69, 9.17) is 4.74 Å². The smallest absolute Gasteiger partial charge is 0.203 e. The van der Waals surface area contributed by atoms with E-state index in [-0.39, 0.29) is 6.04 Å². The minimum Gasteiger partial charge on any atom is -0.383 e. The summed E-state index contributed by atoms with van der Waals surface area (Å²) in [5.74, 6) is 0.868. The molecule has 0 aliphatic rings. The highest BCUT2D eigenvalue weighted by molar-refractivity contribution is 9.10. The minimum absolute atomic E-state index is 0.237. The van der Waals surface area contributed by atoms with Crippen molar-refractivity contribution in [1.29, 1.82) is 0 Å². The lowest BCUT2D eigenvalue weighted by Crippen LogP contribution is -2.15. The van der Waals surface area contributed by atoms with Gasteiger partial charge in [-0.25, -0.2) is 4.98 Å². The van der Waals surface area contributed by atoms with Gasteiger partial charge in [0.05, 0.1) is 12.6 Å². The first-order valence-corrected chi connectivity index (χ1v) is 7.02. The Morgan fingerprint density at radius 1 is 1.37 bits per heavy atom. The van der Waals surface area contributed by atoms with Gasteiger partial charge in [0.1, 0.15) is 0 Å². The number of benzene rings is 1. The SMILES string of the molecule is COCCNc1nccn1C(C)c1ccc(Br)cc1. The standard InChI is InChI=1S/C14H18BrN3O/c1-11(12-3-5-13(15)6-4-12)18-9-7-16-14(18)17-8-10-19-2/h3-7,9,11H,8,10H2,1-2H3,(H,16,17). The summed E-state index contributed by atoms with van der Waals surface area (Å²) >= 11 is 3.45. The number of imidazole rings is 1. The number of hydrogen-bond acceptors (Lipinski definition) is 3. The van der Waals surface area contributed by atoms with Gasteiger partial charge in [0.25, 0.3) is 0 Å². The number of nitrogens with zero attached hydrogens (tertiary/aromatic N) is 2. The lowest BCUT2D eigenvalue weighted by molar-refractivity contribution is 0.210. The van der Waals surface area contributed by atoms with Crippen LogP contribution in [0.4, 0.5) is 5.95 Å². The van der Waals surface area contributed by atoms with Crippen molar-refractivity contribution in [2.75, 3.05) is 25.6 Å². The molecule has 0 fully saturated rings. The van der Waals surface area contributed by atoms with Crippen LogP contribution in [0.2, 0.25) is 0 Å². The number of ether oxygens (including phenoxy) is 1. The maximum Gasteiger partial charge on any atom is 0.203 e. The van der Waals surface area contributed by atoms with Crippen molar-refractivity contribution < 1.29 is 4.74 Å². The predicted octanol–water partition coefficient (Wildman–Crippen LogP) is 3.31. The molecule has 1 atom stereocenters. The molecule has 19 heavy (non-hydrogen) atoms. The molecule has 0 saturated carbocycles. The summed E-state index contributed by atoms with van der Waals surface area (Å²) in [5.41, 5.74) is 1.25. The Kier molecular flexibility index (Phi) is 4.99. The molecule has 0 spiro atoms. The first-order chi connectivity index (χ1) is 9.22. The monoisotopic (exact) mass is 323 g/mol. The van der Waals surface area contributed by atoms with Crippen LogP contribution in [0.3, 0.4) is 0 Å². The lowest BCUT2D eigenvalue weighted by atomic mass is 10.1. The Bertz CT molecular complexity index is 510. The number of nitrogens with one attached hydrogen (secondary N) is 1. The summed E-state index contributed by atoms with van der Waals surface area (Å²) in [5, 5.41) is 3.27. The maximum atomic E-state index is 5.03. The van der Waals surface area contributed by atoms with Crippen molar-refractivity contribution in [2.45, 2.75) is 13.0 Å². The van der Waals surface area contributed by atoms with Gasteiger partial charge in [0.15, 0.2) is 0 Å². The summed E-state index contributed by atoms with van der Waals surface area (Å²) in [4.78, 5) is 4.34. The summed E-state index contributed by atoms with van der Waals surface area (Å²) in [6.07, 6.45) is 3.80. The van der Waals surface area contributed by atoms with E-state index in [2.05, 4.69) is 62.0 Å². The number of methoxy groups -OCH3 is 1. The van der Waals surface area contributed by atoms with E-state index in [1.165, 1.54) is 5.56 Å². The molecule has 5 heteroatoms. The molecule has 1 heterocycles. The van der Waals surface area contributed by atoms with Crippen LogP contribution in [-0.4, -0.2) is 29.8 Å². The topological polar surface area (TPSA) is 39.1 Å². The van der Waals surface area contributed by atoms with E-state index in [0.29, 0.717) is 6.61 Å². The second-order valence-corrected chi connectivity index (χ2v) is 5.22. The first kappa shape index (κ1) is 14.1. The second-order valence-electron chi connectivity index (χ2n) is 4.31. The van der Waals surface area contributed by atoms with Crippen molar-refractivity contribution in [1.82, 2.24) is 9.55 Å². The zero-order chi connectivity index (χ0) is 13.7. The van der Waals surface area contributed by atoms with Crippen LogP contribution in [0.1, 0.15) is 18.5 Å². The molecule has 102 valence electrons. The van der Waals surface area contributed by atoms with Crippen LogP contribution in [-0.2, 0) is 4.74 Å². The fourth-order valence-electron chi connectivity index (χ4n) is 1.93. The molecule has 0 amide bonds. The van der Waals surface area contributed by atoms with E-state index >= 15 is 0 Å². The Balaban J connectivity index is 2.12. The third-order valence-electron chi connectivity index (χ3n) is 3.03. The normalized spacial score (nSPS) is 12.4. The van der Waals surface area contributed by atoms with Gasteiger partial charge in [-0.15, -0.1) is 0 Å². The van der Waals surface area contributed by atoms with Crippen molar-refractivity contribution in [3.05, 3.63) is 46.7 Å². The van der Waals surface area contributed by atoms with Gasteiger partial charge in [-0.05, 0) is 24.6 Å². The molecule has 1 aromatic carbocycles. The van der Waals surface area contributed by atoms with E-state index in [0.717, 1.165) is 17.0 Å². The lowest BCUT2D eigenvalue weighted by Gasteiger charge is -2.17. The van der Waals surface area contributed by atoms with Gasteiger partial charge in [-0.3, -0.25) is 0 Å². The van der Waals surface area contributed by atoms with Gasteiger partial charge >= 0.3 is 0 Å². The molecule has 1 N–H and O–H groups in total. The summed E-state index contributed by atoms with van der Waals surface area (Å²) in [7, 11) is 1.69. The molecule has 0 radical (unpaired) electrons. The summed E-state index contributed by atoms with van der Waals surface area (Å²) in [6.45, 7) is 3.58. The fourth-order valence-corrected chi connectivity index (χ4v) is 2.19. The number of halogens is 1. The number of anilines is 1. The van der Waals surface area contributed by atoms with Crippen LogP contribution >= 0.6 is 15.9 Å². The largest absolute Gasteiger partial charge is 0.383 e. The van der Waals surface area contributed by atoms with Crippen LogP contribution in [0, 0.1) is 0 Å². The molecular formula is C14H18BrN3O. The molecule has 2 rings (SSSR count). The highest BCUT2D eigenvalue weighted by Crippen LogP contribution is 2.23. The molecule has 1 aromatic heterocycles. The average Bonchev–Trinajstić information content (AvgIpc) is 2.87. The Morgan fingerprint density at radius 3 is 2.79 bits per heavy atom. The minimum atomic E-state index is 0.237. The van der Waals surface area contributed by atoms with E-state index in [1.54, 1.807) is 7.11 Å². The Morgan fingerprint density at radius 2 is 2.11 bits per heavy atom. The van der Waals surface area contributed by atoms with Crippen molar-refractivity contribution in [2.24, 2.45) is 0 Å². The van der Waals surface area contributed by atoms with Crippen molar-refractivity contribution in [3.63, 3.8) is 0 Å². The van der Waals surface area contributed by atoms with Crippen LogP contribution in [0.25, 0.3) is 0 Å². The molecule has 2 aromatic rings. The Labute approximate surface area is 121 Å². The van der Waals surface area contributed by atoms with Gasteiger partial charge in [0, 0.05) is 30.5 Å². The predicted molar refractivity (Wildman–Crippen MR) is 80.5 cm³/mol. The second kappa shape index (κ2) is 6.73. The average molecular weight is 324 g/mol. The van der Waals surface area contributed by atoms with E-state index in [9.17, 15) is 0 Å². The van der Waals surface area contributed by atoms with Gasteiger partial charge in [-0.1, -0.05) is 28.1 Å². The zero-order valence-electron chi connectivity index (χ0n) is 11.1. The molecule has 0 aliphatic heterocycles. The highest BCUT2D eigenvalue weighted by atomic mass is 79.9. The Hall–Kier alpha value is -1.33. The summed E-state index contributed by atoms with van der Waals surface area (Å²) in [6, 6.07) is 8.59. The quantitative estimate of drug-likeness (QED) is 0.829. The van der Waals surface area contributed by atoms with Gasteiger partial charge in [0.2, 0.25) is 5.95 Å². The zero-order valence-corrected chi connectivity index (χ0v) is 12.7. The maximum absolute atomic E-state index is 5.03. The van der Waals surface area contributed by atoms with Gasteiger partial charge in [-0.2, -0.15) is 0 Å². The van der Waals surface area contributed by atoms with Crippen LogP contribution in [0.5, 0.6) is 0 Å². The molecular weight excluding hydrogens is 306 g/mol. The number of rotatable bonds is 6. The molecule has 0 saturated heterocycles. The van der Waals surface area contributed by atoms with Crippen LogP contribution < -0.4 is 5.32 Å². The first-order valence-electron chi connectivity index (χ1n) is 6.23.